The van der Waals surface area contributed by atoms with Gasteiger partial charge in [0, 0.05) is 30.3 Å². The largest absolute Gasteiger partial charge is 0.384 e. The monoisotopic (exact) mass is 411 g/mol. The van der Waals surface area contributed by atoms with E-state index < -0.39 is 0 Å². The van der Waals surface area contributed by atoms with E-state index in [1.807, 2.05) is 16.8 Å². The summed E-state index contributed by atoms with van der Waals surface area (Å²) in [4.78, 5) is 13.4. The molecule has 0 atom stereocenters. The number of nitrogens with zero attached hydrogens (tertiary/aromatic N) is 5. The van der Waals surface area contributed by atoms with Gasteiger partial charge in [0.2, 0.25) is 0 Å². The first kappa shape index (κ1) is 19.2. The zero-order chi connectivity index (χ0) is 19.3. The van der Waals surface area contributed by atoms with Crippen LogP contribution in [0.15, 0.2) is 35.9 Å². The Balaban J connectivity index is 1.72. The molecule has 0 aromatic carbocycles. The molecule has 1 fully saturated rings. The molecule has 0 N–H and O–H groups in total. The van der Waals surface area contributed by atoms with Crippen LogP contribution in [0.1, 0.15) is 36.3 Å². The summed E-state index contributed by atoms with van der Waals surface area (Å²) >= 11 is 3.43. The fourth-order valence-corrected chi connectivity index (χ4v) is 5.27. The molecule has 0 spiro atoms. The van der Waals surface area contributed by atoms with Gasteiger partial charge < -0.3 is 4.74 Å². The number of methoxy groups -OCH3 is 1. The molecule has 0 aliphatic heterocycles. The lowest BCUT2D eigenvalue weighted by Crippen LogP contribution is -2.12. The van der Waals surface area contributed by atoms with Gasteiger partial charge in [-0.25, -0.2) is 9.97 Å². The summed E-state index contributed by atoms with van der Waals surface area (Å²) < 4.78 is 7.10. The number of pyridine rings is 1. The van der Waals surface area contributed by atoms with Crippen LogP contribution < -0.4 is 0 Å². The van der Waals surface area contributed by atoms with E-state index in [1.165, 1.54) is 6.42 Å². The van der Waals surface area contributed by atoms with Crippen molar-refractivity contribution in [2.24, 2.45) is 0 Å². The van der Waals surface area contributed by atoms with Crippen LogP contribution in [0.5, 0.6) is 0 Å². The van der Waals surface area contributed by atoms with Crippen molar-refractivity contribution in [3.05, 3.63) is 42.0 Å². The molecule has 1 aliphatic carbocycles. The molecule has 1 saturated carbocycles. The Labute approximate surface area is 172 Å². The second-order valence-corrected chi connectivity index (χ2v) is 9.06. The van der Waals surface area contributed by atoms with Crippen LogP contribution in [-0.4, -0.2) is 43.9 Å². The molecular formula is C20H21N5OS2. The second-order valence-electron chi connectivity index (χ2n) is 6.63. The highest BCUT2D eigenvalue weighted by molar-refractivity contribution is 8.16. The van der Waals surface area contributed by atoms with Crippen LogP contribution in [0.3, 0.4) is 0 Å². The quantitative estimate of drug-likeness (QED) is 0.310. The van der Waals surface area contributed by atoms with Crippen molar-refractivity contribution in [2.75, 3.05) is 24.6 Å². The molecular weight excluding hydrogens is 390 g/mol. The Morgan fingerprint density at radius 2 is 2.25 bits per heavy atom. The van der Waals surface area contributed by atoms with Gasteiger partial charge in [0.25, 0.3) is 0 Å². The van der Waals surface area contributed by atoms with Gasteiger partial charge in [0.05, 0.1) is 36.0 Å². The third-order valence-electron chi connectivity index (χ3n) is 4.96. The minimum atomic E-state index is 0.456. The van der Waals surface area contributed by atoms with Crippen LogP contribution in [0.25, 0.3) is 17.0 Å². The molecule has 0 unspecified atom stereocenters. The maximum Gasteiger partial charge on any atom is 0.155 e. The first-order valence-corrected chi connectivity index (χ1v) is 11.4. The highest BCUT2D eigenvalue weighted by Gasteiger charge is 2.26. The number of thioether (sulfide) groups is 2. The standard InChI is InChI=1S/C20H21N5OS2/c1-26-7-8-27-13-28-20-16(10-21)15(14-3-2-4-14)9-17(24-20)18-11-23-19-12-22-5-6-25(18)19/h5-6,9,11-12,14H,2-4,7-8,13H2,1H3. The molecule has 144 valence electrons. The Morgan fingerprint density at radius 3 is 3.00 bits per heavy atom. The number of nitriles is 1. The zero-order valence-electron chi connectivity index (χ0n) is 15.7. The number of ether oxygens (including phenoxy) is 1. The van der Waals surface area contributed by atoms with Gasteiger partial charge in [-0.2, -0.15) is 5.26 Å². The van der Waals surface area contributed by atoms with E-state index in [0.717, 1.165) is 63.5 Å². The number of hydrogen-bond donors (Lipinski definition) is 0. The SMILES string of the molecule is COCCSCSc1nc(-c2cnc3cnccn23)cc(C2CCC2)c1C#N. The molecule has 3 aromatic rings. The molecule has 0 saturated heterocycles. The van der Waals surface area contributed by atoms with Gasteiger partial charge in [0.15, 0.2) is 5.65 Å². The lowest BCUT2D eigenvalue weighted by molar-refractivity contribution is 0.219. The van der Waals surface area contributed by atoms with Crippen molar-refractivity contribution in [3.8, 4) is 17.5 Å². The third-order valence-corrected chi connectivity index (χ3v) is 7.13. The molecule has 4 rings (SSSR count). The second kappa shape index (κ2) is 8.95. The highest BCUT2D eigenvalue weighted by atomic mass is 32.2. The summed E-state index contributed by atoms with van der Waals surface area (Å²) in [5.74, 6) is 1.39. The molecule has 0 bridgehead atoms. The van der Waals surface area contributed by atoms with Crippen molar-refractivity contribution in [2.45, 2.75) is 30.2 Å². The summed E-state index contributed by atoms with van der Waals surface area (Å²) in [6, 6.07) is 4.52. The van der Waals surface area contributed by atoms with Gasteiger partial charge >= 0.3 is 0 Å². The van der Waals surface area contributed by atoms with E-state index in [2.05, 4.69) is 22.1 Å². The molecule has 3 heterocycles. The smallest absolute Gasteiger partial charge is 0.155 e. The third kappa shape index (κ3) is 3.88. The first-order valence-electron chi connectivity index (χ1n) is 9.23. The van der Waals surface area contributed by atoms with Crippen LogP contribution in [0, 0.1) is 11.3 Å². The van der Waals surface area contributed by atoms with Crippen LogP contribution in [-0.2, 0) is 4.74 Å². The molecule has 28 heavy (non-hydrogen) atoms. The minimum Gasteiger partial charge on any atom is -0.384 e. The molecule has 1 aliphatic rings. The van der Waals surface area contributed by atoms with Gasteiger partial charge in [-0.15, -0.1) is 11.8 Å². The van der Waals surface area contributed by atoms with Crippen molar-refractivity contribution in [1.82, 2.24) is 19.4 Å². The fourth-order valence-electron chi connectivity index (χ4n) is 3.26. The maximum absolute atomic E-state index is 9.85. The minimum absolute atomic E-state index is 0.456. The average Bonchev–Trinajstić information content (AvgIpc) is 3.10. The average molecular weight is 412 g/mol. The summed E-state index contributed by atoms with van der Waals surface area (Å²) in [5, 5.41) is 11.5. The Bertz CT molecular complexity index is 1010. The van der Waals surface area contributed by atoms with Gasteiger partial charge in [-0.3, -0.25) is 9.38 Å². The molecule has 8 heteroatoms. The number of aromatic nitrogens is 4. The van der Waals surface area contributed by atoms with E-state index in [9.17, 15) is 5.26 Å². The van der Waals surface area contributed by atoms with Crippen molar-refractivity contribution in [1.29, 1.82) is 5.26 Å². The number of imidazole rings is 1. The van der Waals surface area contributed by atoms with Crippen LogP contribution >= 0.6 is 23.5 Å². The van der Waals surface area contributed by atoms with Crippen molar-refractivity contribution >= 4 is 29.2 Å². The normalized spacial score (nSPS) is 14.1. The lowest BCUT2D eigenvalue weighted by atomic mass is 9.78. The molecule has 3 aromatic heterocycles. The summed E-state index contributed by atoms with van der Waals surface area (Å²) in [7, 11) is 1.71. The number of fused-ring (bicyclic) bond motifs is 1. The summed E-state index contributed by atoms with van der Waals surface area (Å²) in [6.07, 6.45) is 10.7. The van der Waals surface area contributed by atoms with Crippen molar-refractivity contribution in [3.63, 3.8) is 0 Å². The number of rotatable bonds is 8. The Morgan fingerprint density at radius 1 is 1.36 bits per heavy atom. The maximum atomic E-state index is 9.85. The van der Waals surface area contributed by atoms with E-state index >= 15 is 0 Å². The fraction of sp³-hybridized carbons (Fsp3) is 0.400. The predicted octanol–water partition coefficient (Wildman–Crippen LogP) is 4.36. The van der Waals surface area contributed by atoms with Crippen LogP contribution in [0.2, 0.25) is 0 Å². The predicted molar refractivity (Wildman–Crippen MR) is 113 cm³/mol. The zero-order valence-corrected chi connectivity index (χ0v) is 17.3. The molecule has 6 nitrogen and oxygen atoms in total. The van der Waals surface area contributed by atoms with Gasteiger partial charge in [-0.1, -0.05) is 18.2 Å². The van der Waals surface area contributed by atoms with Gasteiger partial charge in [-0.05, 0) is 30.4 Å². The molecule has 0 amide bonds. The summed E-state index contributed by atoms with van der Waals surface area (Å²) in [5.41, 5.74) is 4.45. The van der Waals surface area contributed by atoms with E-state index in [4.69, 9.17) is 9.72 Å². The first-order chi connectivity index (χ1) is 13.8. The van der Waals surface area contributed by atoms with Crippen LogP contribution in [0.4, 0.5) is 0 Å². The van der Waals surface area contributed by atoms with Gasteiger partial charge in [0.1, 0.15) is 11.1 Å². The highest BCUT2D eigenvalue weighted by Crippen LogP contribution is 2.41. The van der Waals surface area contributed by atoms with Crippen molar-refractivity contribution < 1.29 is 4.74 Å². The Kier molecular flexibility index (Phi) is 6.15. The number of hydrogen-bond acceptors (Lipinski definition) is 7. The molecule has 0 radical (unpaired) electrons. The lowest BCUT2D eigenvalue weighted by Gasteiger charge is -2.27. The Hall–Kier alpha value is -2.08. The topological polar surface area (TPSA) is 76.1 Å². The summed E-state index contributed by atoms with van der Waals surface area (Å²) in [6.45, 7) is 0.729. The van der Waals surface area contributed by atoms with E-state index in [-0.39, 0.29) is 0 Å². The van der Waals surface area contributed by atoms with E-state index in [0.29, 0.717) is 5.92 Å². The van der Waals surface area contributed by atoms with E-state index in [1.54, 1.807) is 43.0 Å².